The van der Waals surface area contributed by atoms with Crippen LogP contribution in [0.4, 0.5) is 5.69 Å². The van der Waals surface area contributed by atoms with Crippen molar-refractivity contribution in [2.75, 3.05) is 25.6 Å². The summed E-state index contributed by atoms with van der Waals surface area (Å²) in [4.78, 5) is 0. The number of hydrogen-bond donors (Lipinski definition) is 1. The highest BCUT2D eigenvalue weighted by atomic mass is 79.9. The van der Waals surface area contributed by atoms with Gasteiger partial charge in [0.1, 0.15) is 6.07 Å². The summed E-state index contributed by atoms with van der Waals surface area (Å²) in [6.07, 6.45) is 3.40. The number of anilines is 1. The van der Waals surface area contributed by atoms with Crippen molar-refractivity contribution >= 4 is 21.6 Å². The van der Waals surface area contributed by atoms with Crippen LogP contribution < -0.4 is 5.32 Å². The van der Waals surface area contributed by atoms with Gasteiger partial charge in [0.2, 0.25) is 0 Å². The molecule has 17 heavy (non-hydrogen) atoms. The Labute approximate surface area is 111 Å². The van der Waals surface area contributed by atoms with Gasteiger partial charge in [-0.3, -0.25) is 0 Å². The van der Waals surface area contributed by atoms with Gasteiger partial charge in [-0.05, 0) is 53.4 Å². The first-order valence-corrected chi connectivity index (χ1v) is 6.49. The van der Waals surface area contributed by atoms with E-state index in [2.05, 4.69) is 27.3 Å². The number of halogens is 1. The van der Waals surface area contributed by atoms with Crippen molar-refractivity contribution < 1.29 is 4.74 Å². The fraction of sp³-hybridized carbons (Fsp3) is 0.462. The van der Waals surface area contributed by atoms with E-state index >= 15 is 0 Å². The summed E-state index contributed by atoms with van der Waals surface area (Å²) in [6.45, 7) is 1.78. The van der Waals surface area contributed by atoms with E-state index in [1.54, 1.807) is 7.11 Å². The minimum atomic E-state index is 0.663. The molecule has 4 heteroatoms. The molecule has 0 heterocycles. The Hall–Kier alpha value is -1.05. The van der Waals surface area contributed by atoms with E-state index in [-0.39, 0.29) is 0 Å². The van der Waals surface area contributed by atoms with Crippen molar-refractivity contribution in [1.29, 1.82) is 5.26 Å². The van der Waals surface area contributed by atoms with E-state index in [9.17, 15) is 0 Å². The predicted octanol–water partition coefficient (Wildman–Crippen LogP) is 3.55. The lowest BCUT2D eigenvalue weighted by atomic mass is 10.2. The van der Waals surface area contributed by atoms with Crippen molar-refractivity contribution in [2.24, 2.45) is 0 Å². The molecule has 0 aliphatic heterocycles. The topological polar surface area (TPSA) is 45.0 Å². The van der Waals surface area contributed by atoms with Crippen LogP contribution in [0, 0.1) is 11.3 Å². The number of nitrogens with zero attached hydrogens (tertiary/aromatic N) is 1. The Morgan fingerprint density at radius 2 is 2.18 bits per heavy atom. The maximum atomic E-state index is 8.79. The first kappa shape index (κ1) is 14.0. The molecule has 0 saturated heterocycles. The van der Waals surface area contributed by atoms with Crippen LogP contribution in [-0.2, 0) is 4.74 Å². The molecule has 0 atom stereocenters. The summed E-state index contributed by atoms with van der Waals surface area (Å²) in [5.41, 5.74) is 1.71. The van der Waals surface area contributed by atoms with Gasteiger partial charge < -0.3 is 10.1 Å². The molecule has 0 spiro atoms. The van der Waals surface area contributed by atoms with Gasteiger partial charge in [-0.15, -0.1) is 0 Å². The van der Waals surface area contributed by atoms with E-state index < -0.39 is 0 Å². The molecule has 92 valence electrons. The molecule has 0 aliphatic carbocycles. The smallest absolute Gasteiger partial charge is 0.100 e. The van der Waals surface area contributed by atoms with Gasteiger partial charge in [-0.2, -0.15) is 5.26 Å². The fourth-order valence-corrected chi connectivity index (χ4v) is 1.96. The van der Waals surface area contributed by atoms with Crippen LogP contribution in [0.2, 0.25) is 0 Å². The molecule has 0 aliphatic rings. The quantitative estimate of drug-likeness (QED) is 0.783. The third-order valence-electron chi connectivity index (χ3n) is 2.44. The zero-order valence-corrected chi connectivity index (χ0v) is 11.6. The molecule has 1 aromatic rings. The average Bonchev–Trinajstić information content (AvgIpc) is 2.34. The summed E-state index contributed by atoms with van der Waals surface area (Å²) in [5.74, 6) is 0. The molecule has 1 aromatic carbocycles. The Bertz CT molecular complexity index is 387. The normalized spacial score (nSPS) is 9.94. The van der Waals surface area contributed by atoms with Crippen molar-refractivity contribution in [3.05, 3.63) is 28.2 Å². The van der Waals surface area contributed by atoms with Crippen molar-refractivity contribution in [1.82, 2.24) is 0 Å². The van der Waals surface area contributed by atoms with Gasteiger partial charge in [0, 0.05) is 30.4 Å². The monoisotopic (exact) mass is 296 g/mol. The molecular weight excluding hydrogens is 280 g/mol. The minimum absolute atomic E-state index is 0.663. The van der Waals surface area contributed by atoms with Crippen molar-refractivity contribution in [2.45, 2.75) is 19.3 Å². The van der Waals surface area contributed by atoms with E-state index in [0.717, 1.165) is 42.6 Å². The number of benzene rings is 1. The van der Waals surface area contributed by atoms with Crippen molar-refractivity contribution in [3.63, 3.8) is 0 Å². The molecule has 0 saturated carbocycles. The van der Waals surface area contributed by atoms with Gasteiger partial charge in [-0.25, -0.2) is 0 Å². The van der Waals surface area contributed by atoms with Gasteiger partial charge >= 0.3 is 0 Å². The number of nitriles is 1. The Kier molecular flexibility index (Phi) is 6.68. The second-order valence-electron chi connectivity index (χ2n) is 3.79. The SMILES string of the molecule is COCCCCCNc1ccc(C#N)c(Br)c1. The molecule has 0 fully saturated rings. The molecule has 0 amide bonds. The standard InChI is InChI=1S/C13H17BrN2O/c1-17-8-4-2-3-7-16-12-6-5-11(10-15)13(14)9-12/h5-6,9,16H,2-4,7-8H2,1H3. The molecule has 0 unspecified atom stereocenters. The van der Waals surface area contributed by atoms with E-state index in [0.29, 0.717) is 5.56 Å². The lowest BCUT2D eigenvalue weighted by Crippen LogP contribution is -2.02. The van der Waals surface area contributed by atoms with Crippen LogP contribution in [0.3, 0.4) is 0 Å². The molecular formula is C13H17BrN2O. The molecule has 0 radical (unpaired) electrons. The second-order valence-corrected chi connectivity index (χ2v) is 4.64. The third kappa shape index (κ3) is 5.20. The number of nitrogens with one attached hydrogen (secondary N) is 1. The minimum Gasteiger partial charge on any atom is -0.385 e. The Balaban J connectivity index is 2.28. The number of ether oxygens (including phenoxy) is 1. The molecule has 0 bridgehead atoms. The van der Waals surface area contributed by atoms with Crippen LogP contribution in [0.25, 0.3) is 0 Å². The van der Waals surface area contributed by atoms with E-state index in [1.165, 1.54) is 0 Å². The highest BCUT2D eigenvalue weighted by Gasteiger charge is 1.99. The lowest BCUT2D eigenvalue weighted by molar-refractivity contribution is 0.192. The molecule has 3 nitrogen and oxygen atoms in total. The van der Waals surface area contributed by atoms with Crippen LogP contribution in [0.15, 0.2) is 22.7 Å². The molecule has 0 aromatic heterocycles. The fourth-order valence-electron chi connectivity index (χ4n) is 1.50. The van der Waals surface area contributed by atoms with E-state index in [1.807, 2.05) is 18.2 Å². The zero-order chi connectivity index (χ0) is 12.5. The second kappa shape index (κ2) is 8.10. The van der Waals surface area contributed by atoms with Crippen LogP contribution in [-0.4, -0.2) is 20.3 Å². The van der Waals surface area contributed by atoms with Gasteiger partial charge in [-0.1, -0.05) is 0 Å². The van der Waals surface area contributed by atoms with Crippen LogP contribution >= 0.6 is 15.9 Å². The van der Waals surface area contributed by atoms with Crippen LogP contribution in [0.5, 0.6) is 0 Å². The number of methoxy groups -OCH3 is 1. The van der Waals surface area contributed by atoms with Crippen LogP contribution in [0.1, 0.15) is 24.8 Å². The number of unbranched alkanes of at least 4 members (excludes halogenated alkanes) is 2. The van der Waals surface area contributed by atoms with Gasteiger partial charge in [0.15, 0.2) is 0 Å². The van der Waals surface area contributed by atoms with Gasteiger partial charge in [0.25, 0.3) is 0 Å². The highest BCUT2D eigenvalue weighted by molar-refractivity contribution is 9.10. The summed E-state index contributed by atoms with van der Waals surface area (Å²) >= 11 is 3.37. The van der Waals surface area contributed by atoms with Gasteiger partial charge in [0.05, 0.1) is 5.56 Å². The maximum absolute atomic E-state index is 8.79. The summed E-state index contributed by atoms with van der Waals surface area (Å²) in [5, 5.41) is 12.1. The summed E-state index contributed by atoms with van der Waals surface area (Å²) in [7, 11) is 1.73. The number of hydrogen-bond acceptors (Lipinski definition) is 3. The summed E-state index contributed by atoms with van der Waals surface area (Å²) < 4.78 is 5.83. The van der Waals surface area contributed by atoms with Crippen molar-refractivity contribution in [3.8, 4) is 6.07 Å². The lowest BCUT2D eigenvalue weighted by Gasteiger charge is -2.07. The maximum Gasteiger partial charge on any atom is 0.100 e. The number of rotatable bonds is 7. The Morgan fingerprint density at radius 1 is 1.35 bits per heavy atom. The third-order valence-corrected chi connectivity index (χ3v) is 3.10. The molecule has 1 N–H and O–H groups in total. The predicted molar refractivity (Wildman–Crippen MR) is 73.1 cm³/mol. The largest absolute Gasteiger partial charge is 0.385 e. The summed E-state index contributed by atoms with van der Waals surface area (Å²) in [6, 6.07) is 7.81. The average molecular weight is 297 g/mol. The zero-order valence-electron chi connectivity index (χ0n) is 10.0. The molecule has 1 rings (SSSR count). The highest BCUT2D eigenvalue weighted by Crippen LogP contribution is 2.20. The van der Waals surface area contributed by atoms with E-state index in [4.69, 9.17) is 10.00 Å². The Morgan fingerprint density at radius 3 is 2.82 bits per heavy atom. The first-order valence-electron chi connectivity index (χ1n) is 5.70. The first-order chi connectivity index (χ1) is 8.27.